The number of hydrogen-bond acceptors (Lipinski definition) is 2. The molecule has 0 aliphatic heterocycles. The van der Waals surface area contributed by atoms with E-state index in [1.165, 1.54) is 31.4 Å². The first-order valence-electron chi connectivity index (χ1n) is 6.85. The number of rotatable bonds is 3. The van der Waals surface area contributed by atoms with Crippen LogP contribution in [0.3, 0.4) is 0 Å². The SMILES string of the molecule is CCC1CCC(NC)C(n2nc(C)cc2C)C1. The van der Waals surface area contributed by atoms with Gasteiger partial charge in [0.15, 0.2) is 0 Å². The third-order valence-corrected chi connectivity index (χ3v) is 4.23. The van der Waals surface area contributed by atoms with Crippen molar-refractivity contribution in [1.29, 1.82) is 0 Å². The summed E-state index contributed by atoms with van der Waals surface area (Å²) < 4.78 is 2.25. The predicted molar refractivity (Wildman–Crippen MR) is 71.2 cm³/mol. The zero-order valence-corrected chi connectivity index (χ0v) is 11.5. The number of aromatic nitrogens is 2. The van der Waals surface area contributed by atoms with Crippen molar-refractivity contribution in [1.82, 2.24) is 15.1 Å². The van der Waals surface area contributed by atoms with Gasteiger partial charge < -0.3 is 5.32 Å². The molecule has 1 aromatic rings. The smallest absolute Gasteiger partial charge is 0.0677 e. The standard InChI is InChI=1S/C14H25N3/c1-5-12-6-7-13(15-4)14(9-12)17-11(3)8-10(2)16-17/h8,12-15H,5-7,9H2,1-4H3. The lowest BCUT2D eigenvalue weighted by Crippen LogP contribution is -2.40. The van der Waals surface area contributed by atoms with E-state index in [0.29, 0.717) is 12.1 Å². The molecular weight excluding hydrogens is 210 g/mol. The van der Waals surface area contributed by atoms with Crippen LogP contribution in [0.2, 0.25) is 0 Å². The fraction of sp³-hybridized carbons (Fsp3) is 0.786. The van der Waals surface area contributed by atoms with Gasteiger partial charge in [-0.05, 0) is 52.1 Å². The lowest BCUT2D eigenvalue weighted by Gasteiger charge is -2.36. The summed E-state index contributed by atoms with van der Waals surface area (Å²) in [6, 6.07) is 3.30. The fourth-order valence-corrected chi connectivity index (χ4v) is 3.19. The molecule has 1 aliphatic rings. The summed E-state index contributed by atoms with van der Waals surface area (Å²) in [5.74, 6) is 0.869. The van der Waals surface area contributed by atoms with Crippen LogP contribution in [0.5, 0.6) is 0 Å². The van der Waals surface area contributed by atoms with Crippen LogP contribution in [0.25, 0.3) is 0 Å². The van der Waals surface area contributed by atoms with Crippen LogP contribution >= 0.6 is 0 Å². The molecule has 3 nitrogen and oxygen atoms in total. The minimum atomic E-state index is 0.535. The Labute approximate surface area is 105 Å². The van der Waals surface area contributed by atoms with Crippen LogP contribution in [-0.4, -0.2) is 22.9 Å². The molecule has 2 rings (SSSR count). The van der Waals surface area contributed by atoms with Gasteiger partial charge >= 0.3 is 0 Å². The Balaban J connectivity index is 2.23. The highest BCUT2D eigenvalue weighted by molar-refractivity contribution is 5.09. The van der Waals surface area contributed by atoms with Crippen LogP contribution in [0.1, 0.15) is 50.0 Å². The van der Waals surface area contributed by atoms with Gasteiger partial charge in [-0.3, -0.25) is 4.68 Å². The van der Waals surface area contributed by atoms with E-state index in [1.54, 1.807) is 0 Å². The Morgan fingerprint density at radius 2 is 2.18 bits per heavy atom. The lowest BCUT2D eigenvalue weighted by molar-refractivity contribution is 0.194. The van der Waals surface area contributed by atoms with Gasteiger partial charge in [-0.1, -0.05) is 13.3 Å². The van der Waals surface area contributed by atoms with Crippen molar-refractivity contribution in [2.45, 2.75) is 58.5 Å². The molecule has 0 bridgehead atoms. The molecule has 0 aromatic carbocycles. The highest BCUT2D eigenvalue weighted by Crippen LogP contribution is 2.34. The molecule has 0 radical (unpaired) electrons. The Kier molecular flexibility index (Phi) is 3.87. The van der Waals surface area contributed by atoms with E-state index in [-0.39, 0.29) is 0 Å². The molecule has 3 atom stereocenters. The molecule has 0 saturated heterocycles. The first kappa shape index (κ1) is 12.6. The highest BCUT2D eigenvalue weighted by atomic mass is 15.3. The Morgan fingerprint density at radius 1 is 1.41 bits per heavy atom. The summed E-state index contributed by atoms with van der Waals surface area (Å²) in [4.78, 5) is 0. The lowest BCUT2D eigenvalue weighted by atomic mass is 9.81. The highest BCUT2D eigenvalue weighted by Gasteiger charge is 2.31. The average Bonchev–Trinajstić information content (AvgIpc) is 2.67. The van der Waals surface area contributed by atoms with E-state index < -0.39 is 0 Å². The first-order chi connectivity index (χ1) is 8.15. The number of likely N-dealkylation sites (N-methyl/N-ethyl adjacent to an activating group) is 1. The number of hydrogen-bond donors (Lipinski definition) is 1. The van der Waals surface area contributed by atoms with Gasteiger partial charge in [0.05, 0.1) is 11.7 Å². The van der Waals surface area contributed by atoms with E-state index in [9.17, 15) is 0 Å². The van der Waals surface area contributed by atoms with Gasteiger partial charge in [0.2, 0.25) is 0 Å². The van der Waals surface area contributed by atoms with Crippen molar-refractivity contribution in [3.05, 3.63) is 17.5 Å². The van der Waals surface area contributed by atoms with Crippen LogP contribution in [0.4, 0.5) is 0 Å². The van der Waals surface area contributed by atoms with Crippen molar-refractivity contribution in [2.24, 2.45) is 5.92 Å². The Hall–Kier alpha value is -0.830. The van der Waals surface area contributed by atoms with Crippen molar-refractivity contribution < 1.29 is 0 Å². The Bertz CT molecular complexity index is 370. The molecule has 1 heterocycles. The van der Waals surface area contributed by atoms with Crippen molar-refractivity contribution in [2.75, 3.05) is 7.05 Å². The van der Waals surface area contributed by atoms with E-state index in [4.69, 9.17) is 0 Å². The Morgan fingerprint density at radius 3 is 2.71 bits per heavy atom. The molecule has 1 fully saturated rings. The maximum absolute atomic E-state index is 4.68. The molecule has 17 heavy (non-hydrogen) atoms. The number of nitrogens with zero attached hydrogens (tertiary/aromatic N) is 2. The van der Waals surface area contributed by atoms with Crippen molar-refractivity contribution >= 4 is 0 Å². The molecule has 0 amide bonds. The quantitative estimate of drug-likeness (QED) is 0.873. The zero-order valence-electron chi connectivity index (χ0n) is 11.5. The van der Waals surface area contributed by atoms with E-state index >= 15 is 0 Å². The van der Waals surface area contributed by atoms with Gasteiger partial charge in [-0.25, -0.2) is 0 Å². The van der Waals surface area contributed by atoms with Gasteiger partial charge in [0.25, 0.3) is 0 Å². The van der Waals surface area contributed by atoms with Gasteiger partial charge in [0.1, 0.15) is 0 Å². The second-order valence-electron chi connectivity index (χ2n) is 5.42. The fourth-order valence-electron chi connectivity index (χ4n) is 3.19. The summed E-state index contributed by atoms with van der Waals surface area (Å²) >= 11 is 0. The predicted octanol–water partition coefficient (Wildman–Crippen LogP) is 2.84. The average molecular weight is 235 g/mol. The van der Waals surface area contributed by atoms with E-state index in [0.717, 1.165) is 11.6 Å². The molecule has 96 valence electrons. The summed E-state index contributed by atoms with van der Waals surface area (Å²) in [7, 11) is 2.08. The van der Waals surface area contributed by atoms with Gasteiger partial charge in [0, 0.05) is 11.7 Å². The topological polar surface area (TPSA) is 29.9 Å². The van der Waals surface area contributed by atoms with Gasteiger partial charge in [-0.2, -0.15) is 5.10 Å². The zero-order chi connectivity index (χ0) is 12.4. The molecule has 1 saturated carbocycles. The minimum Gasteiger partial charge on any atom is -0.315 e. The summed E-state index contributed by atoms with van der Waals surface area (Å²) in [6.07, 6.45) is 5.20. The van der Waals surface area contributed by atoms with Crippen LogP contribution < -0.4 is 5.32 Å². The number of nitrogens with one attached hydrogen (secondary N) is 1. The number of aryl methyl sites for hydroxylation is 2. The second kappa shape index (κ2) is 5.21. The first-order valence-corrected chi connectivity index (χ1v) is 6.85. The third kappa shape index (κ3) is 2.54. The molecule has 3 heteroatoms. The van der Waals surface area contributed by atoms with Crippen LogP contribution in [-0.2, 0) is 0 Å². The summed E-state index contributed by atoms with van der Waals surface area (Å²) in [5, 5.41) is 8.15. The van der Waals surface area contributed by atoms with Crippen LogP contribution in [0.15, 0.2) is 6.07 Å². The minimum absolute atomic E-state index is 0.535. The molecule has 1 N–H and O–H groups in total. The second-order valence-corrected chi connectivity index (χ2v) is 5.42. The van der Waals surface area contributed by atoms with Crippen molar-refractivity contribution in [3.8, 4) is 0 Å². The molecule has 3 unspecified atom stereocenters. The molecule has 1 aromatic heterocycles. The van der Waals surface area contributed by atoms with Crippen LogP contribution in [0, 0.1) is 19.8 Å². The summed E-state index contributed by atoms with van der Waals surface area (Å²) in [6.45, 7) is 6.56. The van der Waals surface area contributed by atoms with E-state index in [1.807, 2.05) is 0 Å². The largest absolute Gasteiger partial charge is 0.315 e. The molecular formula is C14H25N3. The molecule has 1 aliphatic carbocycles. The van der Waals surface area contributed by atoms with E-state index in [2.05, 4.69) is 49.0 Å². The maximum Gasteiger partial charge on any atom is 0.0677 e. The monoisotopic (exact) mass is 235 g/mol. The third-order valence-electron chi connectivity index (χ3n) is 4.23. The normalized spacial score (nSPS) is 29.5. The molecule has 0 spiro atoms. The summed E-state index contributed by atoms with van der Waals surface area (Å²) in [5.41, 5.74) is 2.43. The van der Waals surface area contributed by atoms with Gasteiger partial charge in [-0.15, -0.1) is 0 Å². The maximum atomic E-state index is 4.68. The van der Waals surface area contributed by atoms with Crippen molar-refractivity contribution in [3.63, 3.8) is 0 Å².